The summed E-state index contributed by atoms with van der Waals surface area (Å²) in [5, 5.41) is 25.9. The van der Waals surface area contributed by atoms with Crippen LogP contribution in [0, 0.1) is 11.3 Å². The lowest BCUT2D eigenvalue weighted by Crippen LogP contribution is -2.18. The second kappa shape index (κ2) is 17.6. The average Bonchev–Trinajstić information content (AvgIpc) is 3.89. The molecule has 1 unspecified atom stereocenters. The van der Waals surface area contributed by atoms with Crippen molar-refractivity contribution in [1.82, 2.24) is 0 Å². The number of nitrogens with zero attached hydrogens (tertiary/aromatic N) is 4. The monoisotopic (exact) mass is 742 g/mol. The molecule has 6 aromatic rings. The largest absolute Gasteiger partial charge is 0.494 e. The number of aliphatic carboxylic acids is 1. The number of unbranched alkanes of at least 4 members (excludes halogenated alkanes) is 3. The van der Waals surface area contributed by atoms with Gasteiger partial charge in [0.1, 0.15) is 17.4 Å². The fourth-order valence-corrected chi connectivity index (χ4v) is 7.69. The molecule has 0 fully saturated rings. The van der Waals surface area contributed by atoms with Crippen LogP contribution in [0.15, 0.2) is 156 Å². The van der Waals surface area contributed by atoms with Gasteiger partial charge in [-0.05, 0) is 102 Å². The van der Waals surface area contributed by atoms with Crippen LogP contribution in [0.5, 0.6) is 5.75 Å². The Balaban J connectivity index is 1.14. The Labute approximate surface area is 326 Å². The van der Waals surface area contributed by atoms with Crippen molar-refractivity contribution in [3.63, 3.8) is 0 Å². The Morgan fingerprint density at radius 1 is 0.818 bits per heavy atom. The van der Waals surface area contributed by atoms with E-state index in [2.05, 4.69) is 126 Å². The number of hydrogen-bond acceptors (Lipinski definition) is 7. The summed E-state index contributed by atoms with van der Waals surface area (Å²) in [5.74, 6) is -0.380. The zero-order valence-electron chi connectivity index (χ0n) is 30.7. The third-order valence-electron chi connectivity index (χ3n) is 9.61. The first-order valence-electron chi connectivity index (χ1n) is 18.7. The maximum Gasteiger partial charge on any atom is 0.346 e. The number of carbonyl (C=O) groups is 1. The highest BCUT2D eigenvalue weighted by Crippen LogP contribution is 2.40. The molecule has 0 saturated carbocycles. The van der Waals surface area contributed by atoms with Crippen molar-refractivity contribution in [2.24, 2.45) is 5.10 Å². The Hall–Kier alpha value is -6.43. The number of nitriles is 1. The molecule has 7 nitrogen and oxygen atoms in total. The summed E-state index contributed by atoms with van der Waals surface area (Å²) in [4.78, 5) is 15.3. The highest BCUT2D eigenvalue weighted by molar-refractivity contribution is 7.15. The van der Waals surface area contributed by atoms with Crippen molar-refractivity contribution in [2.75, 3.05) is 16.5 Å². The van der Waals surface area contributed by atoms with E-state index >= 15 is 0 Å². The van der Waals surface area contributed by atoms with Crippen LogP contribution in [-0.4, -0.2) is 23.4 Å². The molecule has 0 saturated heterocycles. The van der Waals surface area contributed by atoms with E-state index in [9.17, 15) is 15.2 Å². The van der Waals surface area contributed by atoms with Gasteiger partial charge in [0.25, 0.3) is 0 Å². The van der Waals surface area contributed by atoms with Gasteiger partial charge in [-0.25, -0.2) is 4.79 Å². The third-order valence-corrected chi connectivity index (χ3v) is 10.7. The van der Waals surface area contributed by atoms with Crippen LogP contribution in [0.3, 0.4) is 0 Å². The number of para-hydroxylation sites is 2. The van der Waals surface area contributed by atoms with Crippen molar-refractivity contribution in [3.8, 4) is 22.9 Å². The molecule has 55 heavy (non-hydrogen) atoms. The number of rotatable bonds is 15. The summed E-state index contributed by atoms with van der Waals surface area (Å²) in [6.45, 7) is 2.92. The minimum Gasteiger partial charge on any atom is -0.494 e. The number of hydrogen-bond donors (Lipinski definition) is 1. The number of benzene rings is 5. The minimum absolute atomic E-state index is 0.0597. The smallest absolute Gasteiger partial charge is 0.346 e. The summed E-state index contributed by atoms with van der Waals surface area (Å²) in [6.07, 6.45) is 6.71. The van der Waals surface area contributed by atoms with E-state index in [1.54, 1.807) is 6.07 Å². The van der Waals surface area contributed by atoms with E-state index in [0.29, 0.717) is 17.9 Å². The zero-order valence-corrected chi connectivity index (χ0v) is 31.5. The van der Waals surface area contributed by atoms with E-state index in [0.717, 1.165) is 62.2 Å². The van der Waals surface area contributed by atoms with Crippen molar-refractivity contribution in [1.29, 1.82) is 5.26 Å². The van der Waals surface area contributed by atoms with Crippen LogP contribution in [-0.2, 0) is 4.79 Å². The Morgan fingerprint density at radius 3 is 2.04 bits per heavy atom. The van der Waals surface area contributed by atoms with Gasteiger partial charge >= 0.3 is 5.97 Å². The molecule has 1 N–H and O–H groups in total. The lowest BCUT2D eigenvalue weighted by Gasteiger charge is -2.25. The first kappa shape index (κ1) is 36.9. The molecule has 1 aliphatic rings. The molecule has 0 bridgehead atoms. The number of thiophene rings is 1. The molecule has 5 aromatic carbocycles. The summed E-state index contributed by atoms with van der Waals surface area (Å²) >= 11 is 1.43. The third kappa shape index (κ3) is 8.86. The van der Waals surface area contributed by atoms with E-state index in [1.807, 2.05) is 36.4 Å². The van der Waals surface area contributed by atoms with Crippen LogP contribution < -0.4 is 14.6 Å². The number of anilines is 4. The Morgan fingerprint density at radius 2 is 1.44 bits per heavy atom. The van der Waals surface area contributed by atoms with Gasteiger partial charge in [-0.15, -0.1) is 11.3 Å². The molecular weight excluding hydrogens is 701 g/mol. The molecule has 1 aliphatic heterocycles. The number of carboxylic acid groups (broad SMARTS) is 1. The van der Waals surface area contributed by atoms with Crippen molar-refractivity contribution < 1.29 is 14.6 Å². The van der Waals surface area contributed by atoms with Gasteiger partial charge < -0.3 is 14.7 Å². The molecule has 0 radical (unpaired) electrons. The normalized spacial score (nSPS) is 14.0. The topological polar surface area (TPSA) is 89.2 Å². The van der Waals surface area contributed by atoms with Crippen molar-refractivity contribution in [2.45, 2.75) is 45.1 Å². The van der Waals surface area contributed by atoms with Crippen LogP contribution in [0.25, 0.3) is 17.2 Å². The van der Waals surface area contributed by atoms with Crippen LogP contribution in [0.1, 0.15) is 60.4 Å². The molecule has 0 spiro atoms. The first-order chi connectivity index (χ1) is 27.0. The van der Waals surface area contributed by atoms with Gasteiger partial charge in [0, 0.05) is 28.4 Å². The van der Waals surface area contributed by atoms with Crippen molar-refractivity contribution in [3.05, 3.63) is 166 Å². The van der Waals surface area contributed by atoms with Gasteiger partial charge in [0.05, 0.1) is 28.9 Å². The Kier molecular flexibility index (Phi) is 11.8. The number of carboxylic acids is 1. The van der Waals surface area contributed by atoms with E-state index in [-0.39, 0.29) is 11.6 Å². The molecule has 8 heteroatoms. The van der Waals surface area contributed by atoms with Crippen LogP contribution >= 0.6 is 11.3 Å². The van der Waals surface area contributed by atoms with Gasteiger partial charge in [-0.2, -0.15) is 10.4 Å². The van der Waals surface area contributed by atoms with Gasteiger partial charge in [-0.1, -0.05) is 99.0 Å². The molecule has 0 aliphatic carbocycles. The lowest BCUT2D eigenvalue weighted by atomic mass is 10.00. The van der Waals surface area contributed by atoms with Crippen LogP contribution in [0.2, 0.25) is 0 Å². The summed E-state index contributed by atoms with van der Waals surface area (Å²) < 4.78 is 6.04. The predicted molar refractivity (Wildman–Crippen MR) is 225 cm³/mol. The molecule has 1 atom stereocenters. The predicted octanol–water partition coefficient (Wildman–Crippen LogP) is 12.2. The minimum atomic E-state index is -1.24. The van der Waals surface area contributed by atoms with E-state index < -0.39 is 5.97 Å². The number of ether oxygens (including phenoxy) is 1. The first-order valence-corrected chi connectivity index (χ1v) is 19.5. The van der Waals surface area contributed by atoms with Gasteiger partial charge in [-0.3, -0.25) is 5.01 Å². The standard InChI is InChI=1S/C47H42N4O3S/c1-2-3-4-11-30-54-42-26-20-36(21-27-42)45-32-44(46-29-28-43(55-46)31-37(33-48)47(52)53)49-51(45)41-24-18-35(19-25-41)34-16-22-40(23-17-34)50(38-12-7-5-8-13-38)39-14-9-6-10-15-39/h5-10,12-29,31,45H,2-4,11,30,32H2,1H3,(H,52,53)/b37-31+. The molecular formula is C47H42N4O3S. The van der Waals surface area contributed by atoms with Crippen molar-refractivity contribution >= 4 is 51.8 Å². The second-order valence-corrected chi connectivity index (χ2v) is 14.5. The lowest BCUT2D eigenvalue weighted by molar-refractivity contribution is -0.132. The fraction of sp³-hybridized carbons (Fsp3) is 0.170. The summed E-state index contributed by atoms with van der Waals surface area (Å²) in [7, 11) is 0. The maximum atomic E-state index is 11.5. The second-order valence-electron chi connectivity index (χ2n) is 13.4. The van der Waals surface area contributed by atoms with Gasteiger partial charge in [0.15, 0.2) is 0 Å². The van der Waals surface area contributed by atoms with Crippen LogP contribution in [0.4, 0.5) is 22.7 Å². The quantitative estimate of drug-likeness (QED) is 0.0640. The highest BCUT2D eigenvalue weighted by atomic mass is 32.1. The molecule has 7 rings (SSSR count). The number of hydrazone groups is 1. The maximum absolute atomic E-state index is 11.5. The summed E-state index contributed by atoms with van der Waals surface area (Å²) in [5.41, 5.74) is 8.17. The Bertz CT molecular complexity index is 2250. The van der Waals surface area contributed by atoms with E-state index in [1.165, 1.54) is 36.7 Å². The zero-order chi connectivity index (χ0) is 38.0. The molecule has 0 amide bonds. The average molecular weight is 743 g/mol. The molecule has 2 heterocycles. The molecule has 274 valence electrons. The SMILES string of the molecule is CCCCCCOc1ccc(C2CC(c3ccc(/C=C(\C#N)C(=O)O)s3)=NN2c2ccc(-c3ccc(N(c4ccccc4)c4ccccc4)cc3)cc2)cc1. The fourth-order valence-electron chi connectivity index (χ4n) is 6.74. The summed E-state index contributed by atoms with van der Waals surface area (Å²) in [6, 6.07) is 51.8. The molecule has 1 aromatic heterocycles. The van der Waals surface area contributed by atoms with Gasteiger partial charge in [0.2, 0.25) is 0 Å². The van der Waals surface area contributed by atoms with E-state index in [4.69, 9.17) is 9.84 Å². The highest BCUT2D eigenvalue weighted by Gasteiger charge is 2.31.